The third kappa shape index (κ3) is 6.08. The molecule has 0 saturated carbocycles. The number of hydrogen-bond acceptors (Lipinski definition) is 4. The van der Waals surface area contributed by atoms with Crippen LogP contribution in [0.1, 0.15) is 61.2 Å². The van der Waals surface area contributed by atoms with Crippen LogP contribution < -0.4 is 0 Å². The van der Waals surface area contributed by atoms with Crippen LogP contribution in [0, 0.1) is 0 Å². The van der Waals surface area contributed by atoms with Crippen LogP contribution in [0.2, 0.25) is 18.1 Å². The van der Waals surface area contributed by atoms with Crippen molar-refractivity contribution in [3.8, 4) is 0 Å². The van der Waals surface area contributed by atoms with Crippen molar-refractivity contribution in [3.05, 3.63) is 83.4 Å². The monoisotopic (exact) mass is 529 g/mol. The van der Waals surface area contributed by atoms with Crippen molar-refractivity contribution in [1.82, 2.24) is 4.90 Å². The van der Waals surface area contributed by atoms with Gasteiger partial charge in [-0.3, -0.25) is 9.59 Å². The molecule has 1 heterocycles. The molecule has 4 rings (SSSR count). The number of ketones is 1. The van der Waals surface area contributed by atoms with E-state index in [2.05, 4.69) is 70.3 Å². The zero-order valence-corrected chi connectivity index (χ0v) is 24.6. The SMILES string of the molecule is CN(C)C(=O)CCC(=O)c1ccc2oc3ccc(C(Cc4ccccc4)O[Si](C)(C)C(C)(C)C)cc3c2c1. The van der Waals surface area contributed by atoms with Gasteiger partial charge in [0, 0.05) is 49.7 Å². The van der Waals surface area contributed by atoms with Gasteiger partial charge in [-0.2, -0.15) is 0 Å². The molecular weight excluding hydrogens is 490 g/mol. The van der Waals surface area contributed by atoms with Crippen molar-refractivity contribution in [2.45, 2.75) is 64.3 Å². The van der Waals surface area contributed by atoms with Crippen LogP contribution in [0.15, 0.2) is 71.1 Å². The van der Waals surface area contributed by atoms with Gasteiger partial charge in [-0.15, -0.1) is 0 Å². The summed E-state index contributed by atoms with van der Waals surface area (Å²) in [5.74, 6) is -0.0974. The van der Waals surface area contributed by atoms with Gasteiger partial charge in [0.15, 0.2) is 14.1 Å². The highest BCUT2D eigenvalue weighted by atomic mass is 28.4. The molecule has 1 aromatic heterocycles. The summed E-state index contributed by atoms with van der Waals surface area (Å²) in [5, 5.41) is 1.95. The number of nitrogens with zero attached hydrogens (tertiary/aromatic N) is 1. The molecule has 38 heavy (non-hydrogen) atoms. The van der Waals surface area contributed by atoms with Crippen molar-refractivity contribution in [1.29, 1.82) is 0 Å². The van der Waals surface area contributed by atoms with Crippen LogP contribution in [0.4, 0.5) is 0 Å². The standard InChI is InChI=1S/C32H39NO4Si/c1-32(2,3)38(6,7)37-30(19-22-11-9-8-10-12-22)24-14-17-29-26(21-24)25-20-23(13-16-28(25)36-29)27(34)15-18-31(35)33(4)5/h8-14,16-17,20-21,30H,15,18-19H2,1-7H3. The Kier molecular flexibility index (Phi) is 7.95. The number of rotatable bonds is 9. The minimum atomic E-state index is -2.06. The highest BCUT2D eigenvalue weighted by Crippen LogP contribution is 2.41. The van der Waals surface area contributed by atoms with Gasteiger partial charge in [-0.25, -0.2) is 0 Å². The van der Waals surface area contributed by atoms with Gasteiger partial charge in [0.1, 0.15) is 11.2 Å². The van der Waals surface area contributed by atoms with E-state index >= 15 is 0 Å². The summed E-state index contributed by atoms with van der Waals surface area (Å²) in [6.45, 7) is 11.4. The number of benzene rings is 3. The Hall–Kier alpha value is -3.22. The van der Waals surface area contributed by atoms with Crippen molar-refractivity contribution >= 4 is 41.9 Å². The Morgan fingerprint density at radius 1 is 0.895 bits per heavy atom. The van der Waals surface area contributed by atoms with E-state index < -0.39 is 8.32 Å². The van der Waals surface area contributed by atoms with Crippen molar-refractivity contribution < 1.29 is 18.4 Å². The molecular formula is C32H39NO4Si. The molecule has 0 spiro atoms. The summed E-state index contributed by atoms with van der Waals surface area (Å²) in [4.78, 5) is 26.4. The maximum Gasteiger partial charge on any atom is 0.222 e. The van der Waals surface area contributed by atoms with E-state index in [0.717, 1.165) is 33.9 Å². The molecule has 6 heteroatoms. The summed E-state index contributed by atoms with van der Waals surface area (Å²) >= 11 is 0. The average Bonchev–Trinajstić information content (AvgIpc) is 3.23. The lowest BCUT2D eigenvalue weighted by Crippen LogP contribution is -2.42. The first-order valence-corrected chi connectivity index (χ1v) is 16.2. The molecule has 0 bridgehead atoms. The average molecular weight is 530 g/mol. The lowest BCUT2D eigenvalue weighted by molar-refractivity contribution is -0.128. The first-order valence-electron chi connectivity index (χ1n) is 13.3. The van der Waals surface area contributed by atoms with Gasteiger partial charge in [-0.1, -0.05) is 57.2 Å². The quantitative estimate of drug-likeness (QED) is 0.163. The zero-order valence-electron chi connectivity index (χ0n) is 23.6. The van der Waals surface area contributed by atoms with Crippen molar-refractivity contribution in [3.63, 3.8) is 0 Å². The predicted octanol–water partition coefficient (Wildman–Crippen LogP) is 7.94. The molecule has 1 atom stereocenters. The number of hydrogen-bond donors (Lipinski definition) is 0. The topological polar surface area (TPSA) is 59.8 Å². The molecule has 0 fully saturated rings. The van der Waals surface area contributed by atoms with E-state index in [4.69, 9.17) is 8.84 Å². The highest BCUT2D eigenvalue weighted by Gasteiger charge is 2.39. The van der Waals surface area contributed by atoms with E-state index in [-0.39, 0.29) is 35.7 Å². The van der Waals surface area contributed by atoms with E-state index in [0.29, 0.717) is 5.56 Å². The predicted molar refractivity (Wildman–Crippen MR) is 157 cm³/mol. The Morgan fingerprint density at radius 2 is 1.53 bits per heavy atom. The number of fused-ring (bicyclic) bond motifs is 3. The summed E-state index contributed by atoms with van der Waals surface area (Å²) in [6.07, 6.45) is 1.06. The number of carbonyl (C=O) groups excluding carboxylic acids is 2. The van der Waals surface area contributed by atoms with Crippen molar-refractivity contribution in [2.24, 2.45) is 0 Å². The molecule has 0 aliphatic rings. The fraction of sp³-hybridized carbons (Fsp3) is 0.375. The van der Waals surface area contributed by atoms with E-state index in [1.54, 1.807) is 20.2 Å². The second kappa shape index (κ2) is 10.9. The molecule has 0 radical (unpaired) electrons. The van der Waals surface area contributed by atoms with Crippen LogP contribution in [-0.2, 0) is 15.6 Å². The third-order valence-electron chi connectivity index (χ3n) is 7.76. The van der Waals surface area contributed by atoms with Crippen LogP contribution >= 0.6 is 0 Å². The first-order chi connectivity index (χ1) is 17.9. The fourth-order valence-corrected chi connectivity index (χ4v) is 5.63. The van der Waals surface area contributed by atoms with Crippen LogP contribution in [0.25, 0.3) is 21.9 Å². The molecule has 1 amide bonds. The molecule has 0 saturated heterocycles. The number of Topliss-reactive ketones (excluding diaryl/α,β-unsaturated/α-hetero) is 1. The minimum Gasteiger partial charge on any atom is -0.456 e. The van der Waals surface area contributed by atoms with E-state index in [9.17, 15) is 9.59 Å². The largest absolute Gasteiger partial charge is 0.456 e. The van der Waals surface area contributed by atoms with Gasteiger partial charge >= 0.3 is 0 Å². The maximum absolute atomic E-state index is 12.9. The van der Waals surface area contributed by atoms with Crippen LogP contribution in [0.5, 0.6) is 0 Å². The van der Waals surface area contributed by atoms with Crippen LogP contribution in [-0.4, -0.2) is 39.0 Å². The van der Waals surface area contributed by atoms with E-state index in [1.807, 2.05) is 24.3 Å². The summed E-state index contributed by atoms with van der Waals surface area (Å²) in [5.41, 5.74) is 4.44. The lowest BCUT2D eigenvalue weighted by atomic mass is 9.98. The second-order valence-corrected chi connectivity index (χ2v) is 16.6. The normalized spacial score (nSPS) is 13.1. The van der Waals surface area contributed by atoms with Gasteiger partial charge in [0.25, 0.3) is 0 Å². The molecule has 5 nitrogen and oxygen atoms in total. The van der Waals surface area contributed by atoms with Crippen LogP contribution in [0.3, 0.4) is 0 Å². The number of carbonyl (C=O) groups is 2. The third-order valence-corrected chi connectivity index (χ3v) is 12.2. The smallest absolute Gasteiger partial charge is 0.222 e. The summed E-state index contributed by atoms with van der Waals surface area (Å²) in [7, 11) is 1.35. The highest BCUT2D eigenvalue weighted by molar-refractivity contribution is 6.74. The van der Waals surface area contributed by atoms with Crippen molar-refractivity contribution in [2.75, 3.05) is 14.1 Å². The van der Waals surface area contributed by atoms with Gasteiger partial charge in [-0.05, 0) is 59.6 Å². The maximum atomic E-state index is 12.9. The molecule has 0 N–H and O–H groups in total. The molecule has 0 aliphatic carbocycles. The Morgan fingerprint density at radius 3 is 2.16 bits per heavy atom. The Balaban J connectivity index is 1.71. The zero-order chi connectivity index (χ0) is 27.7. The van der Waals surface area contributed by atoms with Gasteiger partial charge in [0.05, 0.1) is 6.10 Å². The Bertz CT molecular complexity index is 1450. The Labute approximate surface area is 226 Å². The fourth-order valence-electron chi connectivity index (χ4n) is 4.35. The number of amides is 1. The molecule has 200 valence electrons. The summed E-state index contributed by atoms with van der Waals surface area (Å²) < 4.78 is 13.1. The molecule has 3 aromatic carbocycles. The van der Waals surface area contributed by atoms with Gasteiger partial charge < -0.3 is 13.7 Å². The van der Waals surface area contributed by atoms with Gasteiger partial charge in [0.2, 0.25) is 5.91 Å². The minimum absolute atomic E-state index is 0.0455. The molecule has 4 aromatic rings. The first kappa shape index (κ1) is 27.8. The molecule has 1 unspecified atom stereocenters. The lowest BCUT2D eigenvalue weighted by Gasteiger charge is -2.39. The second-order valence-electron chi connectivity index (χ2n) is 11.8. The number of furan rings is 1. The molecule has 0 aliphatic heterocycles. The van der Waals surface area contributed by atoms with E-state index in [1.165, 1.54) is 10.5 Å². The summed E-state index contributed by atoms with van der Waals surface area (Å²) in [6, 6.07) is 22.3.